The SMILES string of the molecule is Cc1c(C)c2c(c(C)c1O)CC[C@@](C)(C(=O)N1CCN(c3ccc(N=C(N)c4cccs4)cc3)CC1)O2.Cc1c(C)c2c(c(C)c1O)CC[C@](C)(C(=O)N1CCN(c3ccc(N=C(N)c4cccs4)cc3)CC1)O2. The molecule has 388 valence electrons. The summed E-state index contributed by atoms with van der Waals surface area (Å²) in [6.07, 6.45) is 2.62. The number of rotatable bonds is 8. The number of nitrogens with zero attached hydrogens (tertiary/aromatic N) is 6. The molecule has 2 saturated heterocycles. The molecule has 6 aromatic rings. The Morgan fingerprint density at radius 1 is 0.527 bits per heavy atom. The molecule has 4 aliphatic rings. The summed E-state index contributed by atoms with van der Waals surface area (Å²) in [5.74, 6) is 3.30. The number of fused-ring (bicyclic) bond motifs is 2. The number of amides is 2. The van der Waals surface area contributed by atoms with Gasteiger partial charge in [-0.2, -0.15) is 0 Å². The van der Waals surface area contributed by atoms with Crippen molar-refractivity contribution in [3.63, 3.8) is 0 Å². The fourth-order valence-electron chi connectivity index (χ4n) is 10.5. The minimum Gasteiger partial charge on any atom is -0.507 e. The van der Waals surface area contributed by atoms with E-state index in [2.05, 4.69) is 44.1 Å². The lowest BCUT2D eigenvalue weighted by Gasteiger charge is -2.42. The fraction of sp³-hybridized carbons (Fsp3) is 0.379. The number of benzene rings is 4. The zero-order valence-corrected chi connectivity index (χ0v) is 45.4. The molecule has 4 aromatic carbocycles. The first-order valence-electron chi connectivity index (χ1n) is 25.4. The van der Waals surface area contributed by atoms with E-state index in [9.17, 15) is 19.8 Å². The number of carbonyl (C=O) groups excluding carboxylic acids is 2. The molecule has 2 aromatic heterocycles. The van der Waals surface area contributed by atoms with Crippen molar-refractivity contribution in [3.05, 3.63) is 138 Å². The number of anilines is 2. The molecule has 0 aliphatic carbocycles. The van der Waals surface area contributed by atoms with Gasteiger partial charge in [-0.15, -0.1) is 22.7 Å². The number of carbonyl (C=O) groups is 2. The number of aliphatic imine (C=N–C) groups is 2. The lowest BCUT2D eigenvalue weighted by atomic mass is 9.86. The highest BCUT2D eigenvalue weighted by Gasteiger charge is 2.45. The molecule has 0 saturated carbocycles. The molecule has 2 atom stereocenters. The third kappa shape index (κ3) is 10.3. The molecule has 6 heterocycles. The standard InChI is InChI=1S/2C29H34N4O3S/c2*1-18-19(2)26-23(20(3)25(18)34)11-12-29(4,36-26)28(35)33-15-13-32(14-16-33)22-9-7-21(8-10-22)31-27(30)24-6-5-17-37-24/h2*5-10,17,34H,11-16H2,1-4H3,(H2,30,31)/t2*29-/m10/s1. The summed E-state index contributed by atoms with van der Waals surface area (Å²) in [6, 6.07) is 24.0. The van der Waals surface area contributed by atoms with Crippen molar-refractivity contribution in [1.29, 1.82) is 0 Å². The van der Waals surface area contributed by atoms with Gasteiger partial charge in [0.05, 0.1) is 21.1 Å². The maximum absolute atomic E-state index is 13.6. The van der Waals surface area contributed by atoms with Gasteiger partial charge in [-0.3, -0.25) is 9.59 Å². The monoisotopic (exact) mass is 1040 g/mol. The lowest BCUT2D eigenvalue weighted by molar-refractivity contribution is -0.149. The van der Waals surface area contributed by atoms with Gasteiger partial charge in [0.2, 0.25) is 0 Å². The largest absolute Gasteiger partial charge is 0.507 e. The lowest BCUT2D eigenvalue weighted by Crippen LogP contribution is -2.57. The molecule has 0 radical (unpaired) electrons. The van der Waals surface area contributed by atoms with Crippen LogP contribution in [0.25, 0.3) is 0 Å². The Balaban J connectivity index is 0.000000182. The van der Waals surface area contributed by atoms with Crippen molar-refractivity contribution in [1.82, 2.24) is 9.80 Å². The number of piperazine rings is 2. The Hall–Kier alpha value is -7.04. The van der Waals surface area contributed by atoms with Crippen LogP contribution in [-0.2, 0) is 22.4 Å². The van der Waals surface area contributed by atoms with E-state index in [-0.39, 0.29) is 11.8 Å². The number of hydrogen-bond donors (Lipinski definition) is 4. The van der Waals surface area contributed by atoms with Gasteiger partial charge in [-0.1, -0.05) is 12.1 Å². The summed E-state index contributed by atoms with van der Waals surface area (Å²) in [5, 5.41) is 24.9. The smallest absolute Gasteiger partial charge is 0.266 e. The highest BCUT2D eigenvalue weighted by molar-refractivity contribution is 7.12. The quantitative estimate of drug-likeness (QED) is 0.0846. The van der Waals surface area contributed by atoms with Gasteiger partial charge in [-0.25, -0.2) is 9.98 Å². The van der Waals surface area contributed by atoms with Crippen molar-refractivity contribution in [2.75, 3.05) is 62.2 Å². The zero-order valence-electron chi connectivity index (χ0n) is 43.8. The topological polar surface area (TPSA) is 183 Å². The summed E-state index contributed by atoms with van der Waals surface area (Å²) in [7, 11) is 0. The van der Waals surface area contributed by atoms with Crippen molar-refractivity contribution in [2.24, 2.45) is 21.5 Å². The molecule has 74 heavy (non-hydrogen) atoms. The highest BCUT2D eigenvalue weighted by atomic mass is 32.1. The third-order valence-electron chi connectivity index (χ3n) is 15.6. The van der Waals surface area contributed by atoms with Crippen LogP contribution in [-0.4, -0.2) is 107 Å². The summed E-state index contributed by atoms with van der Waals surface area (Å²) >= 11 is 3.14. The Labute approximate surface area is 442 Å². The molecule has 2 amide bonds. The molecule has 4 aliphatic heterocycles. The summed E-state index contributed by atoms with van der Waals surface area (Å²) in [6.45, 7) is 20.9. The normalized spacial score (nSPS) is 19.9. The zero-order chi connectivity index (χ0) is 52.6. The molecular weight excluding hydrogens is 969 g/mol. The number of hydrogen-bond acceptors (Lipinski definition) is 12. The van der Waals surface area contributed by atoms with Gasteiger partial charge in [0.15, 0.2) is 11.2 Å². The van der Waals surface area contributed by atoms with Gasteiger partial charge in [-0.05, 0) is 173 Å². The average Bonchev–Trinajstić information content (AvgIpc) is 4.18. The van der Waals surface area contributed by atoms with Crippen molar-refractivity contribution < 1.29 is 29.3 Å². The van der Waals surface area contributed by atoms with E-state index in [1.807, 2.05) is 124 Å². The van der Waals surface area contributed by atoms with E-state index in [0.717, 1.165) is 115 Å². The first-order valence-corrected chi connectivity index (χ1v) is 27.2. The van der Waals surface area contributed by atoms with Crippen LogP contribution in [0.2, 0.25) is 0 Å². The van der Waals surface area contributed by atoms with E-state index in [1.54, 1.807) is 22.7 Å². The number of phenols is 2. The Kier molecular flexibility index (Phi) is 14.8. The molecule has 16 heteroatoms. The molecule has 0 spiro atoms. The van der Waals surface area contributed by atoms with Crippen molar-refractivity contribution >= 4 is 68.9 Å². The number of nitrogens with two attached hydrogens (primary N) is 2. The average molecular weight is 1040 g/mol. The van der Waals surface area contributed by atoms with E-state index >= 15 is 0 Å². The number of amidine groups is 2. The van der Waals surface area contributed by atoms with Crippen LogP contribution in [0.1, 0.15) is 81.0 Å². The predicted octanol–water partition coefficient (Wildman–Crippen LogP) is 9.70. The maximum atomic E-state index is 13.6. The Bertz CT molecular complexity index is 2890. The maximum Gasteiger partial charge on any atom is 0.266 e. The molecule has 10 rings (SSSR count). The summed E-state index contributed by atoms with van der Waals surface area (Å²) < 4.78 is 12.9. The van der Waals surface area contributed by atoms with E-state index in [0.29, 0.717) is 75.0 Å². The first kappa shape index (κ1) is 51.8. The van der Waals surface area contributed by atoms with Crippen molar-refractivity contribution in [2.45, 2.75) is 92.3 Å². The second kappa shape index (κ2) is 21.1. The van der Waals surface area contributed by atoms with E-state index < -0.39 is 11.2 Å². The molecule has 2 fully saturated rings. The Morgan fingerprint density at radius 2 is 0.878 bits per heavy atom. The van der Waals surface area contributed by atoms with Crippen LogP contribution < -0.4 is 30.7 Å². The van der Waals surface area contributed by atoms with E-state index in [4.69, 9.17) is 20.9 Å². The van der Waals surface area contributed by atoms with Gasteiger partial charge in [0.1, 0.15) is 34.7 Å². The predicted molar refractivity (Wildman–Crippen MR) is 299 cm³/mol. The van der Waals surface area contributed by atoms with Gasteiger partial charge >= 0.3 is 0 Å². The number of aromatic hydroxyl groups is 2. The van der Waals surface area contributed by atoms with Crippen LogP contribution >= 0.6 is 22.7 Å². The second-order valence-electron chi connectivity index (χ2n) is 20.3. The van der Waals surface area contributed by atoms with Crippen LogP contribution in [0.5, 0.6) is 23.0 Å². The van der Waals surface area contributed by atoms with Crippen LogP contribution in [0.3, 0.4) is 0 Å². The molecule has 0 bridgehead atoms. The Morgan fingerprint density at radius 3 is 1.20 bits per heavy atom. The first-order chi connectivity index (χ1) is 35.4. The minimum atomic E-state index is -0.905. The molecule has 6 N–H and O–H groups in total. The minimum absolute atomic E-state index is 0.0364. The van der Waals surface area contributed by atoms with Crippen LogP contribution in [0.15, 0.2) is 93.5 Å². The van der Waals surface area contributed by atoms with Gasteiger partial charge < -0.3 is 50.8 Å². The van der Waals surface area contributed by atoms with E-state index in [1.165, 1.54) is 0 Å². The van der Waals surface area contributed by atoms with Crippen LogP contribution in [0.4, 0.5) is 22.7 Å². The number of thiophene rings is 2. The fourth-order valence-corrected chi connectivity index (χ4v) is 11.8. The second-order valence-corrected chi connectivity index (χ2v) is 22.2. The molecule has 0 unspecified atom stereocenters. The van der Waals surface area contributed by atoms with Gasteiger partial charge in [0, 0.05) is 87.7 Å². The third-order valence-corrected chi connectivity index (χ3v) is 17.3. The highest BCUT2D eigenvalue weighted by Crippen LogP contribution is 2.45. The van der Waals surface area contributed by atoms with Gasteiger partial charge in [0.25, 0.3) is 11.8 Å². The van der Waals surface area contributed by atoms with Crippen molar-refractivity contribution in [3.8, 4) is 23.0 Å². The van der Waals surface area contributed by atoms with Crippen LogP contribution in [0, 0.1) is 41.5 Å². The number of ether oxygens (including phenoxy) is 2. The number of phenolic OH excluding ortho intramolecular Hbond substituents is 2. The molecular formula is C58H68N8O6S2. The summed E-state index contributed by atoms with van der Waals surface area (Å²) in [4.78, 5) is 46.7. The molecule has 14 nitrogen and oxygen atoms in total. The summed E-state index contributed by atoms with van der Waals surface area (Å²) in [5.41, 5.74) is 21.5.